The van der Waals surface area contributed by atoms with E-state index in [0.717, 1.165) is 49.8 Å². The third kappa shape index (κ3) is 3.28. The molecule has 1 aliphatic rings. The van der Waals surface area contributed by atoms with Crippen molar-refractivity contribution in [2.24, 2.45) is 0 Å². The molecular weight excluding hydrogens is 304 g/mol. The molecule has 1 fully saturated rings. The summed E-state index contributed by atoms with van der Waals surface area (Å²) in [5, 5.41) is 10.2. The van der Waals surface area contributed by atoms with Crippen LogP contribution in [0, 0.1) is 0 Å². The largest absolute Gasteiger partial charge is 0.502 e. The molecule has 0 aromatic carbocycles. The maximum absolute atomic E-state index is 11.4. The van der Waals surface area contributed by atoms with Crippen molar-refractivity contribution in [1.82, 2.24) is 14.3 Å². The summed E-state index contributed by atoms with van der Waals surface area (Å²) < 4.78 is 9.56. The third-order valence-corrected chi connectivity index (χ3v) is 4.48. The SMILES string of the molecule is CCc1nsc(N2CCN(Cc3cc(=O)c(O)co3)CC2)n1. The number of rotatable bonds is 4. The molecule has 0 atom stereocenters. The van der Waals surface area contributed by atoms with E-state index in [9.17, 15) is 9.90 Å². The molecule has 118 valence electrons. The van der Waals surface area contributed by atoms with Crippen LogP contribution in [0.4, 0.5) is 5.13 Å². The Labute approximate surface area is 132 Å². The first-order valence-corrected chi connectivity index (χ1v) is 8.03. The summed E-state index contributed by atoms with van der Waals surface area (Å²) in [5.41, 5.74) is -0.402. The van der Waals surface area contributed by atoms with Gasteiger partial charge in [0.15, 0.2) is 5.75 Å². The van der Waals surface area contributed by atoms with Crippen molar-refractivity contribution in [2.45, 2.75) is 19.9 Å². The zero-order valence-electron chi connectivity index (χ0n) is 12.4. The summed E-state index contributed by atoms with van der Waals surface area (Å²) in [6.45, 7) is 6.10. The second-order valence-corrected chi connectivity index (χ2v) is 5.94. The number of aromatic nitrogens is 2. The lowest BCUT2D eigenvalue weighted by Crippen LogP contribution is -2.46. The molecule has 0 unspecified atom stereocenters. The first-order valence-electron chi connectivity index (χ1n) is 7.26. The highest BCUT2D eigenvalue weighted by Gasteiger charge is 2.20. The van der Waals surface area contributed by atoms with Crippen molar-refractivity contribution in [3.8, 4) is 5.75 Å². The highest BCUT2D eigenvalue weighted by molar-refractivity contribution is 7.09. The first kappa shape index (κ1) is 15.0. The average Bonchev–Trinajstić information content (AvgIpc) is 3.01. The fourth-order valence-electron chi connectivity index (χ4n) is 2.36. The van der Waals surface area contributed by atoms with Gasteiger partial charge in [-0.05, 0) is 0 Å². The van der Waals surface area contributed by atoms with Crippen LogP contribution in [0.2, 0.25) is 0 Å². The van der Waals surface area contributed by atoms with E-state index in [2.05, 4.69) is 26.1 Å². The Bertz CT molecular complexity index is 691. The van der Waals surface area contributed by atoms with Gasteiger partial charge in [0.2, 0.25) is 10.6 Å². The second kappa shape index (κ2) is 6.45. The van der Waals surface area contributed by atoms with E-state index in [0.29, 0.717) is 12.3 Å². The first-order chi connectivity index (χ1) is 10.7. The maximum Gasteiger partial charge on any atom is 0.226 e. The Kier molecular flexibility index (Phi) is 4.39. The normalized spacial score (nSPS) is 16.1. The minimum atomic E-state index is -0.402. The van der Waals surface area contributed by atoms with Gasteiger partial charge in [-0.3, -0.25) is 9.69 Å². The molecule has 0 spiro atoms. The van der Waals surface area contributed by atoms with Gasteiger partial charge in [0, 0.05) is 50.2 Å². The van der Waals surface area contributed by atoms with Gasteiger partial charge in [0.25, 0.3) is 0 Å². The molecule has 3 heterocycles. The zero-order valence-corrected chi connectivity index (χ0v) is 13.2. The van der Waals surface area contributed by atoms with E-state index in [1.165, 1.54) is 17.6 Å². The number of nitrogens with zero attached hydrogens (tertiary/aromatic N) is 4. The topological polar surface area (TPSA) is 82.7 Å². The summed E-state index contributed by atoms with van der Waals surface area (Å²) in [4.78, 5) is 20.4. The monoisotopic (exact) mass is 322 g/mol. The molecule has 0 amide bonds. The van der Waals surface area contributed by atoms with Crippen molar-refractivity contribution in [2.75, 3.05) is 31.1 Å². The van der Waals surface area contributed by atoms with Crippen molar-refractivity contribution < 1.29 is 9.52 Å². The Hall–Kier alpha value is -1.93. The maximum atomic E-state index is 11.4. The van der Waals surface area contributed by atoms with Gasteiger partial charge in [0.05, 0.1) is 6.54 Å². The van der Waals surface area contributed by atoms with Gasteiger partial charge < -0.3 is 14.4 Å². The van der Waals surface area contributed by atoms with Crippen LogP contribution in [-0.4, -0.2) is 45.5 Å². The van der Waals surface area contributed by atoms with Crippen molar-refractivity contribution in [1.29, 1.82) is 0 Å². The van der Waals surface area contributed by atoms with Crippen molar-refractivity contribution in [3.63, 3.8) is 0 Å². The molecule has 7 nitrogen and oxygen atoms in total. The van der Waals surface area contributed by atoms with Crippen LogP contribution in [0.15, 0.2) is 21.5 Å². The van der Waals surface area contributed by atoms with Gasteiger partial charge in [-0.2, -0.15) is 4.37 Å². The number of hydrogen-bond acceptors (Lipinski definition) is 8. The lowest BCUT2D eigenvalue weighted by Gasteiger charge is -2.33. The van der Waals surface area contributed by atoms with E-state index in [1.807, 2.05) is 0 Å². The lowest BCUT2D eigenvalue weighted by atomic mass is 10.3. The van der Waals surface area contributed by atoms with E-state index >= 15 is 0 Å². The number of hydrogen-bond donors (Lipinski definition) is 1. The van der Waals surface area contributed by atoms with Gasteiger partial charge in [-0.1, -0.05) is 6.92 Å². The Morgan fingerprint density at radius 3 is 2.77 bits per heavy atom. The zero-order chi connectivity index (χ0) is 15.5. The van der Waals surface area contributed by atoms with Crippen LogP contribution in [0.3, 0.4) is 0 Å². The molecule has 0 aliphatic carbocycles. The standard InChI is InChI=1S/C14H18N4O3S/c1-2-13-15-14(22-16-13)18-5-3-17(4-6-18)8-10-7-11(19)12(20)9-21-10/h7,9,20H,2-6,8H2,1H3. The van der Waals surface area contributed by atoms with Gasteiger partial charge in [-0.15, -0.1) is 0 Å². The van der Waals surface area contributed by atoms with E-state index in [1.54, 1.807) is 0 Å². The van der Waals surface area contributed by atoms with Crippen LogP contribution >= 0.6 is 11.5 Å². The summed E-state index contributed by atoms with van der Waals surface area (Å²) in [6.07, 6.45) is 1.96. The lowest BCUT2D eigenvalue weighted by molar-refractivity contribution is 0.227. The molecule has 22 heavy (non-hydrogen) atoms. The van der Waals surface area contributed by atoms with Gasteiger partial charge in [0.1, 0.15) is 17.8 Å². The summed E-state index contributed by atoms with van der Waals surface area (Å²) in [7, 11) is 0. The number of aryl methyl sites for hydroxylation is 1. The highest BCUT2D eigenvalue weighted by Crippen LogP contribution is 2.20. The van der Waals surface area contributed by atoms with Crippen LogP contribution < -0.4 is 10.3 Å². The summed E-state index contributed by atoms with van der Waals surface area (Å²) >= 11 is 1.45. The third-order valence-electron chi connectivity index (χ3n) is 3.66. The fraction of sp³-hybridized carbons (Fsp3) is 0.500. The predicted octanol–water partition coefficient (Wildman–Crippen LogP) is 1.08. The van der Waals surface area contributed by atoms with E-state index < -0.39 is 5.43 Å². The number of aromatic hydroxyl groups is 1. The minimum absolute atomic E-state index is 0.350. The minimum Gasteiger partial charge on any atom is -0.502 e. The van der Waals surface area contributed by atoms with Gasteiger partial charge >= 0.3 is 0 Å². The summed E-state index contributed by atoms with van der Waals surface area (Å²) in [6, 6.07) is 1.35. The molecule has 0 bridgehead atoms. The van der Waals surface area contributed by atoms with Crippen LogP contribution in [0.25, 0.3) is 0 Å². The molecule has 1 saturated heterocycles. The predicted molar refractivity (Wildman–Crippen MR) is 83.4 cm³/mol. The molecule has 3 rings (SSSR count). The molecule has 1 N–H and O–H groups in total. The molecule has 2 aromatic rings. The van der Waals surface area contributed by atoms with E-state index in [-0.39, 0.29) is 5.75 Å². The quantitative estimate of drug-likeness (QED) is 0.902. The van der Waals surface area contributed by atoms with Crippen LogP contribution in [0.1, 0.15) is 18.5 Å². The number of anilines is 1. The highest BCUT2D eigenvalue weighted by atomic mass is 32.1. The van der Waals surface area contributed by atoms with Crippen molar-refractivity contribution in [3.05, 3.63) is 34.1 Å². The Balaban J connectivity index is 1.57. The molecule has 0 saturated carbocycles. The average molecular weight is 322 g/mol. The van der Waals surface area contributed by atoms with Crippen LogP contribution in [-0.2, 0) is 13.0 Å². The second-order valence-electron chi connectivity index (χ2n) is 5.21. The molecule has 1 aliphatic heterocycles. The smallest absolute Gasteiger partial charge is 0.226 e. The molecular formula is C14H18N4O3S. The van der Waals surface area contributed by atoms with Crippen molar-refractivity contribution >= 4 is 16.7 Å². The van der Waals surface area contributed by atoms with Crippen LogP contribution in [0.5, 0.6) is 5.75 Å². The Morgan fingerprint density at radius 1 is 1.36 bits per heavy atom. The molecule has 8 heteroatoms. The Morgan fingerprint density at radius 2 is 2.14 bits per heavy atom. The fourth-order valence-corrected chi connectivity index (χ4v) is 3.16. The number of piperazine rings is 1. The molecule has 0 radical (unpaired) electrons. The molecule has 2 aromatic heterocycles. The van der Waals surface area contributed by atoms with E-state index in [4.69, 9.17) is 4.42 Å². The van der Waals surface area contributed by atoms with Gasteiger partial charge in [-0.25, -0.2) is 4.98 Å². The summed E-state index contributed by atoms with van der Waals surface area (Å²) in [5.74, 6) is 1.12.